The minimum absolute atomic E-state index is 0.178. The summed E-state index contributed by atoms with van der Waals surface area (Å²) in [7, 11) is 0. The second kappa shape index (κ2) is 7.91. The Morgan fingerprint density at radius 2 is 2.00 bits per heavy atom. The van der Waals surface area contributed by atoms with Crippen molar-refractivity contribution in [3.8, 4) is 11.4 Å². The summed E-state index contributed by atoms with van der Waals surface area (Å²) in [4.78, 5) is 19.5. The molecule has 1 fully saturated rings. The van der Waals surface area contributed by atoms with Crippen LogP contribution >= 0.6 is 27.7 Å². The van der Waals surface area contributed by atoms with Crippen LogP contribution < -0.4 is 0 Å². The molecular formula is C18H23BrN4OS. The second-order valence-electron chi connectivity index (χ2n) is 6.58. The average molecular weight is 423 g/mol. The number of carbonyl (C=O) groups is 1. The van der Waals surface area contributed by atoms with Crippen LogP contribution in [-0.2, 0) is 4.79 Å². The fourth-order valence-corrected chi connectivity index (χ4v) is 4.60. The highest BCUT2D eigenvalue weighted by molar-refractivity contribution is 9.10. The first-order valence-electron chi connectivity index (χ1n) is 8.63. The molecule has 2 heterocycles. The van der Waals surface area contributed by atoms with E-state index in [0.717, 1.165) is 22.9 Å². The maximum absolute atomic E-state index is 12.9. The normalized spacial score (nSPS) is 22.0. The number of aromatic amines is 1. The standard InChI is InChI=1S/C18H23BrN4OS/c1-11-7-6-8-12(2)23(11)17(24)13(3)25-18-20-16(21-22-18)14-9-4-5-10-15(14)19/h4-5,9-13H,6-8H2,1-3H3,(H,20,21,22). The average Bonchev–Trinajstić information content (AvgIpc) is 3.03. The molecule has 0 aliphatic carbocycles. The zero-order chi connectivity index (χ0) is 18.0. The first kappa shape index (κ1) is 18.5. The molecule has 134 valence electrons. The van der Waals surface area contributed by atoms with Gasteiger partial charge in [0.05, 0.1) is 5.25 Å². The number of aromatic nitrogens is 3. The van der Waals surface area contributed by atoms with Crippen LogP contribution in [0.1, 0.15) is 40.0 Å². The lowest BCUT2D eigenvalue weighted by atomic mass is 9.97. The van der Waals surface area contributed by atoms with Crippen molar-refractivity contribution in [3.05, 3.63) is 28.7 Å². The maximum atomic E-state index is 12.9. The van der Waals surface area contributed by atoms with E-state index in [0.29, 0.717) is 23.1 Å². The van der Waals surface area contributed by atoms with E-state index in [1.807, 2.05) is 36.1 Å². The van der Waals surface area contributed by atoms with Crippen molar-refractivity contribution >= 4 is 33.6 Å². The molecule has 3 atom stereocenters. The lowest BCUT2D eigenvalue weighted by Crippen LogP contribution is -2.50. The van der Waals surface area contributed by atoms with Crippen LogP contribution in [0.5, 0.6) is 0 Å². The third-order valence-electron chi connectivity index (χ3n) is 4.67. The minimum Gasteiger partial charge on any atom is -0.336 e. The number of likely N-dealkylation sites (tertiary alicyclic amines) is 1. The lowest BCUT2D eigenvalue weighted by molar-refractivity contribution is -0.136. The first-order valence-corrected chi connectivity index (χ1v) is 10.3. The van der Waals surface area contributed by atoms with E-state index in [4.69, 9.17) is 0 Å². The Balaban J connectivity index is 1.70. The summed E-state index contributed by atoms with van der Waals surface area (Å²) >= 11 is 4.94. The van der Waals surface area contributed by atoms with Gasteiger partial charge in [-0.05, 0) is 46.1 Å². The topological polar surface area (TPSA) is 61.9 Å². The summed E-state index contributed by atoms with van der Waals surface area (Å²) in [5, 5.41) is 7.64. The summed E-state index contributed by atoms with van der Waals surface area (Å²) < 4.78 is 0.961. The molecule has 1 aliphatic heterocycles. The molecule has 1 N–H and O–H groups in total. The number of rotatable bonds is 4. The van der Waals surface area contributed by atoms with Crippen LogP contribution in [0.4, 0.5) is 0 Å². The maximum Gasteiger partial charge on any atom is 0.236 e. The fraction of sp³-hybridized carbons (Fsp3) is 0.500. The number of nitrogens with one attached hydrogen (secondary N) is 1. The van der Waals surface area contributed by atoms with Crippen molar-refractivity contribution in [2.45, 2.75) is 62.5 Å². The van der Waals surface area contributed by atoms with E-state index < -0.39 is 0 Å². The van der Waals surface area contributed by atoms with Gasteiger partial charge in [-0.2, -0.15) is 0 Å². The number of nitrogens with zero attached hydrogens (tertiary/aromatic N) is 3. The Hall–Kier alpha value is -1.34. The molecular weight excluding hydrogens is 400 g/mol. The van der Waals surface area contributed by atoms with Gasteiger partial charge in [0.2, 0.25) is 11.1 Å². The highest BCUT2D eigenvalue weighted by Gasteiger charge is 2.32. The number of piperidine rings is 1. The van der Waals surface area contributed by atoms with Gasteiger partial charge in [0.25, 0.3) is 0 Å². The molecule has 3 rings (SSSR count). The number of carbonyl (C=O) groups excluding carboxylic acids is 1. The largest absolute Gasteiger partial charge is 0.336 e. The molecule has 0 bridgehead atoms. The van der Waals surface area contributed by atoms with Gasteiger partial charge in [-0.1, -0.05) is 45.9 Å². The van der Waals surface area contributed by atoms with Crippen molar-refractivity contribution in [1.29, 1.82) is 0 Å². The van der Waals surface area contributed by atoms with Crippen LogP contribution in [0.2, 0.25) is 0 Å². The number of thioether (sulfide) groups is 1. The molecule has 1 aromatic heterocycles. The number of hydrogen-bond donors (Lipinski definition) is 1. The third kappa shape index (κ3) is 4.08. The lowest BCUT2D eigenvalue weighted by Gasteiger charge is -2.40. The summed E-state index contributed by atoms with van der Waals surface area (Å²) in [6, 6.07) is 8.48. The summed E-state index contributed by atoms with van der Waals surface area (Å²) in [5.74, 6) is 0.881. The molecule has 0 saturated carbocycles. The third-order valence-corrected chi connectivity index (χ3v) is 6.31. The summed E-state index contributed by atoms with van der Waals surface area (Å²) in [5.41, 5.74) is 0.958. The fourth-order valence-electron chi connectivity index (χ4n) is 3.35. The molecule has 25 heavy (non-hydrogen) atoms. The number of benzene rings is 1. The van der Waals surface area contributed by atoms with Gasteiger partial charge >= 0.3 is 0 Å². The van der Waals surface area contributed by atoms with Crippen LogP contribution in [0.15, 0.2) is 33.9 Å². The van der Waals surface area contributed by atoms with Crippen molar-refractivity contribution in [3.63, 3.8) is 0 Å². The van der Waals surface area contributed by atoms with E-state index in [-0.39, 0.29) is 11.2 Å². The van der Waals surface area contributed by atoms with Crippen LogP contribution in [0, 0.1) is 0 Å². The van der Waals surface area contributed by atoms with Gasteiger partial charge in [0.1, 0.15) is 0 Å². The van der Waals surface area contributed by atoms with Gasteiger partial charge in [0, 0.05) is 22.1 Å². The Morgan fingerprint density at radius 1 is 1.32 bits per heavy atom. The number of H-pyrrole nitrogens is 1. The van der Waals surface area contributed by atoms with Gasteiger partial charge < -0.3 is 4.90 Å². The first-order chi connectivity index (χ1) is 12.0. The molecule has 0 radical (unpaired) electrons. The second-order valence-corrected chi connectivity index (χ2v) is 8.74. The van der Waals surface area contributed by atoms with Gasteiger partial charge in [-0.3, -0.25) is 9.89 Å². The molecule has 1 aromatic carbocycles. The molecule has 3 unspecified atom stereocenters. The quantitative estimate of drug-likeness (QED) is 0.736. The SMILES string of the molecule is CC(Sc1n[nH]c(-c2ccccc2Br)n1)C(=O)N1C(C)CCCC1C. The molecule has 1 amide bonds. The smallest absolute Gasteiger partial charge is 0.236 e. The molecule has 0 spiro atoms. The monoisotopic (exact) mass is 422 g/mol. The molecule has 7 heteroatoms. The van der Waals surface area contributed by atoms with Crippen molar-refractivity contribution in [2.75, 3.05) is 0 Å². The zero-order valence-electron chi connectivity index (χ0n) is 14.7. The zero-order valence-corrected chi connectivity index (χ0v) is 17.1. The van der Waals surface area contributed by atoms with Crippen molar-refractivity contribution in [2.24, 2.45) is 0 Å². The highest BCUT2D eigenvalue weighted by atomic mass is 79.9. The van der Waals surface area contributed by atoms with Crippen LogP contribution in [0.3, 0.4) is 0 Å². The predicted molar refractivity (Wildman–Crippen MR) is 104 cm³/mol. The summed E-state index contributed by atoms with van der Waals surface area (Å²) in [6.45, 7) is 6.22. The number of hydrogen-bond acceptors (Lipinski definition) is 4. The van der Waals surface area contributed by atoms with Gasteiger partial charge in [-0.25, -0.2) is 4.98 Å². The van der Waals surface area contributed by atoms with Crippen molar-refractivity contribution < 1.29 is 4.79 Å². The molecule has 1 aliphatic rings. The van der Waals surface area contributed by atoms with Gasteiger partial charge in [0.15, 0.2) is 5.82 Å². The van der Waals surface area contributed by atoms with E-state index in [1.54, 1.807) is 0 Å². The summed E-state index contributed by atoms with van der Waals surface area (Å²) in [6.07, 6.45) is 3.37. The minimum atomic E-state index is -0.203. The van der Waals surface area contributed by atoms with E-state index in [9.17, 15) is 4.79 Å². The van der Waals surface area contributed by atoms with Gasteiger partial charge in [-0.15, -0.1) is 5.10 Å². The predicted octanol–water partition coefficient (Wildman–Crippen LogP) is 4.50. The Bertz CT molecular complexity index is 740. The number of amides is 1. The van der Waals surface area contributed by atoms with Crippen molar-refractivity contribution in [1.82, 2.24) is 20.1 Å². The Labute approximate surface area is 161 Å². The van der Waals surface area contributed by atoms with E-state index >= 15 is 0 Å². The highest BCUT2D eigenvalue weighted by Crippen LogP contribution is 2.30. The number of halogens is 1. The molecule has 5 nitrogen and oxygen atoms in total. The Morgan fingerprint density at radius 3 is 2.68 bits per heavy atom. The van der Waals surface area contributed by atoms with E-state index in [2.05, 4.69) is 45.0 Å². The van der Waals surface area contributed by atoms with Crippen LogP contribution in [-0.4, -0.2) is 43.3 Å². The van der Waals surface area contributed by atoms with Crippen LogP contribution in [0.25, 0.3) is 11.4 Å². The molecule has 2 aromatic rings. The Kier molecular flexibility index (Phi) is 5.84. The molecule has 1 saturated heterocycles. The van der Waals surface area contributed by atoms with E-state index in [1.165, 1.54) is 18.2 Å².